The van der Waals surface area contributed by atoms with E-state index in [0.29, 0.717) is 12.1 Å². The standard InChI is InChI=1S/C16H19NO/c1-12(11-14-6-4-10-18-14)17-16-9-8-13-5-2-3-7-15(13)16/h2-7,10,12,16-17H,8-9,11H2,1H3. The van der Waals surface area contributed by atoms with E-state index in [1.165, 1.54) is 24.0 Å². The Balaban J connectivity index is 1.64. The Bertz CT molecular complexity index is 504. The lowest BCUT2D eigenvalue weighted by molar-refractivity contribution is 0.415. The molecular weight excluding hydrogens is 222 g/mol. The summed E-state index contributed by atoms with van der Waals surface area (Å²) >= 11 is 0. The van der Waals surface area contributed by atoms with Gasteiger partial charge in [0.2, 0.25) is 0 Å². The molecule has 0 aliphatic heterocycles. The molecule has 0 saturated heterocycles. The Hall–Kier alpha value is -1.54. The van der Waals surface area contributed by atoms with Gasteiger partial charge >= 0.3 is 0 Å². The summed E-state index contributed by atoms with van der Waals surface area (Å²) in [6, 6.07) is 13.7. The first kappa shape index (κ1) is 11.5. The summed E-state index contributed by atoms with van der Waals surface area (Å²) in [6.07, 6.45) is 5.10. The van der Waals surface area contributed by atoms with E-state index in [2.05, 4.69) is 36.5 Å². The third-order valence-electron chi connectivity index (χ3n) is 3.71. The van der Waals surface area contributed by atoms with Gasteiger partial charge in [-0.3, -0.25) is 0 Å². The van der Waals surface area contributed by atoms with Crippen molar-refractivity contribution in [2.24, 2.45) is 0 Å². The van der Waals surface area contributed by atoms with Crippen molar-refractivity contribution in [3.05, 3.63) is 59.5 Å². The fourth-order valence-electron chi connectivity index (χ4n) is 2.86. The highest BCUT2D eigenvalue weighted by molar-refractivity contribution is 5.34. The fraction of sp³-hybridized carbons (Fsp3) is 0.375. The van der Waals surface area contributed by atoms with Crippen LogP contribution >= 0.6 is 0 Å². The largest absolute Gasteiger partial charge is 0.469 e. The van der Waals surface area contributed by atoms with Crippen molar-refractivity contribution in [2.75, 3.05) is 0 Å². The van der Waals surface area contributed by atoms with Gasteiger partial charge in [0.1, 0.15) is 5.76 Å². The molecule has 1 heterocycles. The Kier molecular flexibility index (Phi) is 3.20. The minimum Gasteiger partial charge on any atom is -0.469 e. The van der Waals surface area contributed by atoms with Gasteiger partial charge in [-0.1, -0.05) is 24.3 Å². The summed E-state index contributed by atoms with van der Waals surface area (Å²) in [7, 11) is 0. The highest BCUT2D eigenvalue weighted by atomic mass is 16.3. The first-order chi connectivity index (χ1) is 8.83. The Morgan fingerprint density at radius 3 is 3.00 bits per heavy atom. The van der Waals surface area contributed by atoms with Gasteiger partial charge in [-0.05, 0) is 43.0 Å². The van der Waals surface area contributed by atoms with Gasteiger partial charge in [-0.15, -0.1) is 0 Å². The SMILES string of the molecule is CC(Cc1ccco1)NC1CCc2ccccc21. The molecule has 2 atom stereocenters. The molecule has 0 spiro atoms. The smallest absolute Gasteiger partial charge is 0.105 e. The molecule has 0 fully saturated rings. The zero-order chi connectivity index (χ0) is 12.4. The zero-order valence-corrected chi connectivity index (χ0v) is 10.7. The van der Waals surface area contributed by atoms with Gasteiger partial charge in [0, 0.05) is 18.5 Å². The Morgan fingerprint density at radius 1 is 1.28 bits per heavy atom. The van der Waals surface area contributed by atoms with Crippen molar-refractivity contribution < 1.29 is 4.42 Å². The van der Waals surface area contributed by atoms with E-state index < -0.39 is 0 Å². The van der Waals surface area contributed by atoms with E-state index in [1.54, 1.807) is 6.26 Å². The van der Waals surface area contributed by atoms with Crippen LogP contribution in [-0.4, -0.2) is 6.04 Å². The predicted molar refractivity (Wildman–Crippen MR) is 72.5 cm³/mol. The molecule has 2 unspecified atom stereocenters. The summed E-state index contributed by atoms with van der Waals surface area (Å²) in [6.45, 7) is 2.23. The number of fused-ring (bicyclic) bond motifs is 1. The van der Waals surface area contributed by atoms with Crippen LogP contribution in [0.1, 0.15) is 36.3 Å². The van der Waals surface area contributed by atoms with Crippen molar-refractivity contribution >= 4 is 0 Å². The summed E-state index contributed by atoms with van der Waals surface area (Å²) in [5.41, 5.74) is 2.98. The molecule has 0 saturated carbocycles. The van der Waals surface area contributed by atoms with Gasteiger partial charge in [0.15, 0.2) is 0 Å². The molecule has 2 aromatic rings. The van der Waals surface area contributed by atoms with Crippen LogP contribution in [0, 0.1) is 0 Å². The normalized spacial score (nSPS) is 19.7. The van der Waals surface area contributed by atoms with Crippen LogP contribution in [0.5, 0.6) is 0 Å². The summed E-state index contributed by atoms with van der Waals surface area (Å²) < 4.78 is 5.40. The Labute approximate surface area is 108 Å². The zero-order valence-electron chi connectivity index (χ0n) is 10.7. The predicted octanol–water partition coefficient (Wildman–Crippen LogP) is 3.49. The molecule has 0 radical (unpaired) electrons. The minimum absolute atomic E-state index is 0.437. The van der Waals surface area contributed by atoms with Gasteiger partial charge in [0.25, 0.3) is 0 Å². The molecule has 1 aliphatic rings. The molecule has 2 nitrogen and oxygen atoms in total. The third-order valence-corrected chi connectivity index (χ3v) is 3.71. The van der Waals surface area contributed by atoms with Gasteiger partial charge in [0.05, 0.1) is 6.26 Å². The van der Waals surface area contributed by atoms with Crippen LogP contribution < -0.4 is 5.32 Å². The van der Waals surface area contributed by atoms with Crippen molar-refractivity contribution in [3.63, 3.8) is 0 Å². The highest BCUT2D eigenvalue weighted by Crippen LogP contribution is 2.31. The maximum Gasteiger partial charge on any atom is 0.105 e. The van der Waals surface area contributed by atoms with Crippen LogP contribution in [0.15, 0.2) is 47.1 Å². The van der Waals surface area contributed by atoms with E-state index in [0.717, 1.165) is 12.2 Å². The summed E-state index contributed by atoms with van der Waals surface area (Å²) in [4.78, 5) is 0. The molecule has 1 aliphatic carbocycles. The van der Waals surface area contributed by atoms with Gasteiger partial charge in [-0.25, -0.2) is 0 Å². The van der Waals surface area contributed by atoms with Crippen LogP contribution in [0.4, 0.5) is 0 Å². The average Bonchev–Trinajstić information content (AvgIpc) is 3.00. The second-order valence-corrected chi connectivity index (χ2v) is 5.14. The van der Waals surface area contributed by atoms with E-state index in [1.807, 2.05) is 12.1 Å². The van der Waals surface area contributed by atoms with Gasteiger partial charge < -0.3 is 9.73 Å². The lowest BCUT2D eigenvalue weighted by Crippen LogP contribution is -2.31. The van der Waals surface area contributed by atoms with Crippen molar-refractivity contribution in [2.45, 2.75) is 38.3 Å². The van der Waals surface area contributed by atoms with E-state index in [9.17, 15) is 0 Å². The number of hydrogen-bond acceptors (Lipinski definition) is 2. The quantitative estimate of drug-likeness (QED) is 0.886. The van der Waals surface area contributed by atoms with Crippen LogP contribution in [-0.2, 0) is 12.8 Å². The maximum atomic E-state index is 5.40. The maximum absolute atomic E-state index is 5.40. The lowest BCUT2D eigenvalue weighted by atomic mass is 10.1. The molecular formula is C16H19NO. The number of aryl methyl sites for hydroxylation is 1. The first-order valence-corrected chi connectivity index (χ1v) is 6.69. The number of rotatable bonds is 4. The number of hydrogen-bond donors (Lipinski definition) is 1. The molecule has 3 rings (SSSR count). The molecule has 0 amide bonds. The molecule has 94 valence electrons. The average molecular weight is 241 g/mol. The number of benzene rings is 1. The van der Waals surface area contributed by atoms with E-state index >= 15 is 0 Å². The first-order valence-electron chi connectivity index (χ1n) is 6.69. The minimum atomic E-state index is 0.437. The molecule has 2 heteroatoms. The van der Waals surface area contributed by atoms with Crippen LogP contribution in [0.3, 0.4) is 0 Å². The van der Waals surface area contributed by atoms with Crippen molar-refractivity contribution in [1.82, 2.24) is 5.32 Å². The second-order valence-electron chi connectivity index (χ2n) is 5.14. The molecule has 1 N–H and O–H groups in total. The number of furan rings is 1. The van der Waals surface area contributed by atoms with Crippen molar-refractivity contribution in [3.8, 4) is 0 Å². The third kappa shape index (κ3) is 2.34. The van der Waals surface area contributed by atoms with Crippen molar-refractivity contribution in [1.29, 1.82) is 0 Å². The van der Waals surface area contributed by atoms with E-state index in [4.69, 9.17) is 4.42 Å². The lowest BCUT2D eigenvalue weighted by Gasteiger charge is -2.19. The number of nitrogens with one attached hydrogen (secondary N) is 1. The molecule has 1 aromatic heterocycles. The van der Waals surface area contributed by atoms with Gasteiger partial charge in [-0.2, -0.15) is 0 Å². The van der Waals surface area contributed by atoms with E-state index in [-0.39, 0.29) is 0 Å². The molecule has 0 bridgehead atoms. The fourth-order valence-corrected chi connectivity index (χ4v) is 2.86. The second kappa shape index (κ2) is 4.99. The topological polar surface area (TPSA) is 25.2 Å². The Morgan fingerprint density at radius 2 is 2.17 bits per heavy atom. The van der Waals surface area contributed by atoms with Crippen LogP contribution in [0.2, 0.25) is 0 Å². The highest BCUT2D eigenvalue weighted by Gasteiger charge is 2.23. The molecule has 18 heavy (non-hydrogen) atoms. The summed E-state index contributed by atoms with van der Waals surface area (Å²) in [5, 5.41) is 3.71. The van der Waals surface area contributed by atoms with Crippen LogP contribution in [0.25, 0.3) is 0 Å². The molecule has 1 aromatic carbocycles. The summed E-state index contributed by atoms with van der Waals surface area (Å²) in [5.74, 6) is 1.06. The monoisotopic (exact) mass is 241 g/mol.